The highest BCUT2D eigenvalue weighted by atomic mass is 35.5. The zero-order chi connectivity index (χ0) is 12.3. The van der Waals surface area contributed by atoms with E-state index in [1.807, 2.05) is 0 Å². The molecule has 1 fully saturated rings. The molecular formula is C14H16ClFO. The minimum absolute atomic E-state index is 0.259. The molecule has 92 valence electrons. The molecule has 0 aliphatic heterocycles. The fourth-order valence-corrected chi connectivity index (χ4v) is 2.70. The van der Waals surface area contributed by atoms with Gasteiger partial charge in [0.1, 0.15) is 11.6 Å². The fraction of sp³-hybridized carbons (Fsp3) is 0.500. The highest BCUT2D eigenvalue weighted by molar-refractivity contribution is 6.31. The predicted octanol–water partition coefficient (Wildman–Crippen LogP) is 4.17. The molecule has 0 aromatic heterocycles. The van der Waals surface area contributed by atoms with E-state index in [0.29, 0.717) is 23.6 Å². The minimum Gasteiger partial charge on any atom is -0.299 e. The Hall–Kier alpha value is -0.890. The third-order valence-electron chi connectivity index (χ3n) is 3.47. The molecule has 2 rings (SSSR count). The topological polar surface area (TPSA) is 17.1 Å². The smallest absolute Gasteiger partial charge is 0.136 e. The molecule has 1 aliphatic carbocycles. The molecule has 17 heavy (non-hydrogen) atoms. The number of aryl methyl sites for hydroxylation is 1. The van der Waals surface area contributed by atoms with E-state index < -0.39 is 0 Å². The van der Waals surface area contributed by atoms with Crippen molar-refractivity contribution in [3.63, 3.8) is 0 Å². The van der Waals surface area contributed by atoms with E-state index >= 15 is 0 Å². The van der Waals surface area contributed by atoms with E-state index in [0.717, 1.165) is 18.4 Å². The summed E-state index contributed by atoms with van der Waals surface area (Å²) in [7, 11) is 0. The second-order valence-corrected chi connectivity index (χ2v) is 5.09. The number of Topliss-reactive ketones (excluding diaryl/α,β-unsaturated/α-hetero) is 1. The van der Waals surface area contributed by atoms with Crippen LogP contribution in [0, 0.1) is 11.7 Å². The number of carbonyl (C=O) groups is 1. The van der Waals surface area contributed by atoms with E-state index in [4.69, 9.17) is 11.6 Å². The molecule has 0 unspecified atom stereocenters. The van der Waals surface area contributed by atoms with Crippen molar-refractivity contribution >= 4 is 17.4 Å². The Morgan fingerprint density at radius 2 is 2.06 bits per heavy atom. The van der Waals surface area contributed by atoms with Crippen LogP contribution in [-0.2, 0) is 11.2 Å². The summed E-state index contributed by atoms with van der Waals surface area (Å²) in [5.41, 5.74) is 0.861. The molecule has 0 radical (unpaired) electrons. The van der Waals surface area contributed by atoms with E-state index in [1.54, 1.807) is 6.07 Å². The van der Waals surface area contributed by atoms with Gasteiger partial charge < -0.3 is 0 Å². The predicted molar refractivity (Wildman–Crippen MR) is 66.7 cm³/mol. The van der Waals surface area contributed by atoms with E-state index in [1.165, 1.54) is 25.0 Å². The summed E-state index contributed by atoms with van der Waals surface area (Å²) in [4.78, 5) is 11.9. The van der Waals surface area contributed by atoms with Gasteiger partial charge in [0, 0.05) is 17.4 Å². The quantitative estimate of drug-likeness (QED) is 0.788. The maximum atomic E-state index is 12.8. The Bertz CT molecular complexity index is 411. The lowest BCUT2D eigenvalue weighted by molar-refractivity contribution is -0.122. The Labute approximate surface area is 106 Å². The van der Waals surface area contributed by atoms with Crippen LogP contribution in [0.25, 0.3) is 0 Å². The second-order valence-electron chi connectivity index (χ2n) is 4.68. The summed E-state index contributed by atoms with van der Waals surface area (Å²) in [5, 5.41) is 0.421. The molecule has 0 N–H and O–H groups in total. The van der Waals surface area contributed by atoms with Crippen LogP contribution in [-0.4, -0.2) is 5.78 Å². The zero-order valence-electron chi connectivity index (χ0n) is 9.72. The number of hydrogen-bond donors (Lipinski definition) is 0. The number of ketones is 1. The third kappa shape index (κ3) is 3.29. The molecule has 0 heterocycles. The molecule has 1 aliphatic rings. The van der Waals surface area contributed by atoms with Gasteiger partial charge in [-0.1, -0.05) is 30.5 Å². The number of halogens is 2. The van der Waals surface area contributed by atoms with E-state index in [2.05, 4.69) is 0 Å². The minimum atomic E-state index is -0.333. The molecule has 0 saturated heterocycles. The molecule has 3 heteroatoms. The second kappa shape index (κ2) is 5.63. The number of benzene rings is 1. The standard InChI is InChI=1S/C14H16ClFO/c15-13-9-12(16)7-5-10(13)6-8-14(17)11-3-1-2-4-11/h5,7,9,11H,1-4,6,8H2. The first-order chi connectivity index (χ1) is 8.16. The van der Waals surface area contributed by atoms with Gasteiger partial charge in [0.05, 0.1) is 0 Å². The van der Waals surface area contributed by atoms with Gasteiger partial charge >= 0.3 is 0 Å². The van der Waals surface area contributed by atoms with Crippen molar-refractivity contribution < 1.29 is 9.18 Å². The van der Waals surface area contributed by atoms with Gasteiger partial charge in [0.15, 0.2) is 0 Å². The monoisotopic (exact) mass is 254 g/mol. The van der Waals surface area contributed by atoms with Crippen LogP contribution in [0.3, 0.4) is 0 Å². The van der Waals surface area contributed by atoms with Crippen molar-refractivity contribution in [2.75, 3.05) is 0 Å². The number of hydrogen-bond acceptors (Lipinski definition) is 1. The van der Waals surface area contributed by atoms with Crippen LogP contribution < -0.4 is 0 Å². The molecule has 0 bridgehead atoms. The first-order valence-corrected chi connectivity index (χ1v) is 6.51. The van der Waals surface area contributed by atoms with Gasteiger partial charge in [0.2, 0.25) is 0 Å². The molecule has 1 aromatic rings. The fourth-order valence-electron chi connectivity index (χ4n) is 2.43. The van der Waals surface area contributed by atoms with Gasteiger partial charge in [0.25, 0.3) is 0 Å². The molecular weight excluding hydrogens is 239 g/mol. The maximum Gasteiger partial charge on any atom is 0.136 e. The van der Waals surface area contributed by atoms with Gasteiger partial charge in [-0.05, 0) is 37.0 Å². The molecule has 1 nitrogen and oxygen atoms in total. The van der Waals surface area contributed by atoms with E-state index in [-0.39, 0.29) is 11.7 Å². The lowest BCUT2D eigenvalue weighted by atomic mass is 9.97. The van der Waals surface area contributed by atoms with Crippen LogP contribution >= 0.6 is 11.6 Å². The third-order valence-corrected chi connectivity index (χ3v) is 3.82. The highest BCUT2D eigenvalue weighted by Crippen LogP contribution is 2.27. The van der Waals surface area contributed by atoms with Crippen LogP contribution in [0.2, 0.25) is 5.02 Å². The van der Waals surface area contributed by atoms with Crippen molar-refractivity contribution in [2.24, 2.45) is 5.92 Å². The molecule has 1 saturated carbocycles. The average molecular weight is 255 g/mol. The number of rotatable bonds is 4. The lowest BCUT2D eigenvalue weighted by Crippen LogP contribution is -2.11. The molecule has 1 aromatic carbocycles. The lowest BCUT2D eigenvalue weighted by Gasteiger charge is -2.08. The Balaban J connectivity index is 1.90. The zero-order valence-corrected chi connectivity index (χ0v) is 10.5. The first-order valence-electron chi connectivity index (χ1n) is 6.13. The van der Waals surface area contributed by atoms with E-state index in [9.17, 15) is 9.18 Å². The van der Waals surface area contributed by atoms with Crippen molar-refractivity contribution in [2.45, 2.75) is 38.5 Å². The van der Waals surface area contributed by atoms with Crippen LogP contribution in [0.5, 0.6) is 0 Å². The SMILES string of the molecule is O=C(CCc1ccc(F)cc1Cl)C1CCCC1. The van der Waals surface area contributed by atoms with Gasteiger partial charge in [-0.2, -0.15) is 0 Å². The van der Waals surface area contributed by atoms with Crippen LogP contribution in [0.1, 0.15) is 37.7 Å². The summed E-state index contributed by atoms with van der Waals surface area (Å²) >= 11 is 5.92. The summed E-state index contributed by atoms with van der Waals surface area (Å²) in [5.74, 6) is 0.262. The van der Waals surface area contributed by atoms with Crippen molar-refractivity contribution in [1.82, 2.24) is 0 Å². The Kier molecular flexibility index (Phi) is 4.16. The van der Waals surface area contributed by atoms with Gasteiger partial charge in [-0.25, -0.2) is 4.39 Å². The molecule has 0 spiro atoms. The molecule has 0 atom stereocenters. The summed E-state index contributed by atoms with van der Waals surface area (Å²) in [6.45, 7) is 0. The number of carbonyl (C=O) groups excluding carboxylic acids is 1. The van der Waals surface area contributed by atoms with Crippen molar-refractivity contribution in [3.8, 4) is 0 Å². The average Bonchev–Trinajstić information content (AvgIpc) is 2.81. The Morgan fingerprint density at radius 1 is 1.35 bits per heavy atom. The maximum absolute atomic E-state index is 12.8. The summed E-state index contributed by atoms with van der Waals surface area (Å²) in [6, 6.07) is 4.36. The highest BCUT2D eigenvalue weighted by Gasteiger charge is 2.22. The van der Waals surface area contributed by atoms with Crippen molar-refractivity contribution in [1.29, 1.82) is 0 Å². The normalized spacial score (nSPS) is 16.4. The Morgan fingerprint density at radius 3 is 2.71 bits per heavy atom. The summed E-state index contributed by atoms with van der Waals surface area (Å²) < 4.78 is 12.8. The van der Waals surface area contributed by atoms with Crippen LogP contribution in [0.4, 0.5) is 4.39 Å². The summed E-state index contributed by atoms with van der Waals surface area (Å²) in [6.07, 6.45) is 5.57. The van der Waals surface area contributed by atoms with Crippen molar-refractivity contribution in [3.05, 3.63) is 34.6 Å². The molecule has 0 amide bonds. The largest absolute Gasteiger partial charge is 0.299 e. The van der Waals surface area contributed by atoms with Gasteiger partial charge in [-0.15, -0.1) is 0 Å². The van der Waals surface area contributed by atoms with Gasteiger partial charge in [-0.3, -0.25) is 4.79 Å². The van der Waals surface area contributed by atoms with Crippen LogP contribution in [0.15, 0.2) is 18.2 Å². The first kappa shape index (κ1) is 12.6.